The molecule has 14 heteroatoms. The summed E-state index contributed by atoms with van der Waals surface area (Å²) >= 11 is 0. The summed E-state index contributed by atoms with van der Waals surface area (Å²) in [6, 6.07) is -0.575. The fourth-order valence-corrected chi connectivity index (χ4v) is 4.83. The van der Waals surface area contributed by atoms with Crippen molar-refractivity contribution in [1.82, 2.24) is 15.2 Å². The Morgan fingerprint density at radius 2 is 2.00 bits per heavy atom. The Hall–Kier alpha value is -4.23. The van der Waals surface area contributed by atoms with E-state index < -0.39 is 41.2 Å². The van der Waals surface area contributed by atoms with Crippen molar-refractivity contribution in [2.24, 2.45) is 22.1 Å². The quantitative estimate of drug-likeness (QED) is 0.324. The summed E-state index contributed by atoms with van der Waals surface area (Å²) in [6.07, 6.45) is 5.02. The highest BCUT2D eigenvalue weighted by Crippen LogP contribution is 2.50. The molecule has 0 radical (unpaired) electrons. The molecule has 2 aliphatic heterocycles. The molecule has 4 N–H and O–H groups in total. The van der Waals surface area contributed by atoms with E-state index in [1.807, 2.05) is 4.90 Å². The van der Waals surface area contributed by atoms with Crippen molar-refractivity contribution in [3.63, 3.8) is 0 Å². The molecule has 0 aromatic carbocycles. The van der Waals surface area contributed by atoms with Crippen molar-refractivity contribution in [2.75, 3.05) is 38.2 Å². The number of aromatic nitrogens is 1. The van der Waals surface area contributed by atoms with Gasteiger partial charge in [0.2, 0.25) is 11.8 Å². The number of esters is 1. The number of ether oxygens (including phenoxy) is 2. The standard InChI is InChI=1S/C23H27FN6O7/c1-36-19(31)18-15(24)9-26-10-16(18)29-4-2-13(3-5-29)7-28-21(33)23(20(25)32)6-17(23)30-11-14(8-27-12-30)37-22(34)35/h8-10,12-13,17H,2-7,11H2,1H3,(H2,25,32)(H,28,33)(H,34,35). The topological polar surface area (TPSA) is 177 Å². The number of piperidine rings is 1. The molecule has 0 spiro atoms. The number of halogens is 1. The van der Waals surface area contributed by atoms with Crippen LogP contribution in [-0.2, 0) is 19.1 Å². The van der Waals surface area contributed by atoms with Crippen LogP contribution in [0.25, 0.3) is 0 Å². The third-order valence-corrected chi connectivity index (χ3v) is 6.94. The van der Waals surface area contributed by atoms with E-state index in [4.69, 9.17) is 15.6 Å². The molecule has 2 atom stereocenters. The van der Waals surface area contributed by atoms with Gasteiger partial charge in [-0.05, 0) is 25.2 Å². The van der Waals surface area contributed by atoms with E-state index in [0.717, 1.165) is 6.20 Å². The van der Waals surface area contributed by atoms with Crippen molar-refractivity contribution in [1.29, 1.82) is 0 Å². The second-order valence-corrected chi connectivity index (χ2v) is 9.10. The van der Waals surface area contributed by atoms with Crippen LogP contribution in [0.5, 0.6) is 0 Å². The zero-order valence-electron chi connectivity index (χ0n) is 20.1. The molecule has 37 heavy (non-hydrogen) atoms. The summed E-state index contributed by atoms with van der Waals surface area (Å²) in [5.41, 5.74) is 4.34. The molecule has 1 saturated heterocycles. The van der Waals surface area contributed by atoms with E-state index in [9.17, 15) is 23.6 Å². The number of pyridine rings is 1. The van der Waals surface area contributed by atoms with Gasteiger partial charge < -0.3 is 35.4 Å². The molecule has 1 saturated carbocycles. The van der Waals surface area contributed by atoms with E-state index in [2.05, 4.69) is 20.0 Å². The highest BCUT2D eigenvalue weighted by atomic mass is 19.1. The molecule has 1 aromatic rings. The summed E-state index contributed by atoms with van der Waals surface area (Å²) in [4.78, 5) is 59.4. The van der Waals surface area contributed by atoms with Gasteiger partial charge in [0.15, 0.2) is 5.82 Å². The van der Waals surface area contributed by atoms with Gasteiger partial charge >= 0.3 is 12.1 Å². The Labute approximate surface area is 211 Å². The molecule has 3 heterocycles. The van der Waals surface area contributed by atoms with E-state index in [-0.39, 0.29) is 30.2 Å². The van der Waals surface area contributed by atoms with Gasteiger partial charge in [0.05, 0.1) is 50.3 Å². The minimum atomic E-state index is -1.49. The number of nitrogens with two attached hydrogens (primary N) is 1. The first-order valence-corrected chi connectivity index (χ1v) is 11.6. The van der Waals surface area contributed by atoms with Gasteiger partial charge in [0, 0.05) is 19.6 Å². The van der Waals surface area contributed by atoms with Crippen LogP contribution in [0, 0.1) is 17.2 Å². The van der Waals surface area contributed by atoms with E-state index in [0.29, 0.717) is 38.2 Å². The zero-order chi connectivity index (χ0) is 26.7. The smallest absolute Gasteiger partial charge is 0.465 e. The first-order valence-electron chi connectivity index (χ1n) is 11.6. The monoisotopic (exact) mass is 518 g/mol. The summed E-state index contributed by atoms with van der Waals surface area (Å²) < 4.78 is 23.6. The molecule has 2 amide bonds. The summed E-state index contributed by atoms with van der Waals surface area (Å²) in [6.45, 7) is 1.34. The number of methoxy groups -OCH3 is 1. The number of carboxylic acid groups (broad SMARTS) is 1. The molecule has 0 bridgehead atoms. The number of anilines is 1. The van der Waals surface area contributed by atoms with Crippen LogP contribution in [0.3, 0.4) is 0 Å². The SMILES string of the molecule is COC(=O)c1c(F)cncc1N1CCC(CNC(=O)C2(C(N)=O)CC2N2C=NC=C(OC(=O)O)C2)CC1. The van der Waals surface area contributed by atoms with Crippen LogP contribution in [0.15, 0.2) is 29.3 Å². The predicted molar refractivity (Wildman–Crippen MR) is 126 cm³/mol. The van der Waals surface area contributed by atoms with Crippen LogP contribution < -0.4 is 16.0 Å². The van der Waals surface area contributed by atoms with Crippen molar-refractivity contribution >= 4 is 36.0 Å². The highest BCUT2D eigenvalue weighted by molar-refractivity contribution is 6.09. The molecular weight excluding hydrogens is 491 g/mol. The average molecular weight is 519 g/mol. The third-order valence-electron chi connectivity index (χ3n) is 6.94. The lowest BCUT2D eigenvalue weighted by molar-refractivity contribution is -0.136. The number of rotatable bonds is 8. The molecule has 2 fully saturated rings. The van der Waals surface area contributed by atoms with Crippen LogP contribution in [-0.4, -0.2) is 84.6 Å². The largest absolute Gasteiger partial charge is 0.511 e. The fourth-order valence-electron chi connectivity index (χ4n) is 4.83. The minimum Gasteiger partial charge on any atom is -0.465 e. The lowest BCUT2D eigenvalue weighted by Crippen LogP contribution is -2.48. The third kappa shape index (κ3) is 5.17. The maximum absolute atomic E-state index is 14.2. The van der Waals surface area contributed by atoms with Crippen molar-refractivity contribution in [3.8, 4) is 0 Å². The number of primary amides is 1. The van der Waals surface area contributed by atoms with Crippen molar-refractivity contribution in [2.45, 2.75) is 25.3 Å². The van der Waals surface area contributed by atoms with Crippen LogP contribution in [0.4, 0.5) is 14.9 Å². The molecule has 1 aromatic heterocycles. The number of amides is 2. The molecule has 198 valence electrons. The van der Waals surface area contributed by atoms with Gasteiger partial charge in [-0.2, -0.15) is 0 Å². The van der Waals surface area contributed by atoms with Gasteiger partial charge in [0.25, 0.3) is 0 Å². The summed E-state index contributed by atoms with van der Waals surface area (Å²) in [7, 11) is 1.18. The van der Waals surface area contributed by atoms with Gasteiger partial charge in [0.1, 0.15) is 16.7 Å². The zero-order valence-corrected chi connectivity index (χ0v) is 20.1. The number of nitrogens with zero attached hydrogens (tertiary/aromatic N) is 4. The van der Waals surface area contributed by atoms with Crippen LogP contribution >= 0.6 is 0 Å². The minimum absolute atomic E-state index is 0.0315. The highest BCUT2D eigenvalue weighted by Gasteiger charge is 2.67. The predicted octanol–water partition coefficient (Wildman–Crippen LogP) is 0.464. The maximum atomic E-state index is 14.2. The Balaban J connectivity index is 1.33. The lowest BCUT2D eigenvalue weighted by Gasteiger charge is -2.34. The molecule has 13 nitrogen and oxygen atoms in total. The van der Waals surface area contributed by atoms with E-state index in [1.165, 1.54) is 25.8 Å². The molecule has 2 unspecified atom stereocenters. The molecule has 3 aliphatic rings. The number of hydrogen-bond donors (Lipinski definition) is 3. The first-order chi connectivity index (χ1) is 17.7. The Morgan fingerprint density at radius 1 is 1.27 bits per heavy atom. The van der Waals surface area contributed by atoms with Gasteiger partial charge in [-0.15, -0.1) is 0 Å². The van der Waals surface area contributed by atoms with Gasteiger partial charge in [-0.1, -0.05) is 0 Å². The second-order valence-electron chi connectivity index (χ2n) is 9.10. The number of carbonyl (C=O) groups excluding carboxylic acids is 3. The molecular formula is C23H27FN6O7. The summed E-state index contributed by atoms with van der Waals surface area (Å²) in [5.74, 6) is -2.67. The maximum Gasteiger partial charge on any atom is 0.511 e. The lowest BCUT2D eigenvalue weighted by atomic mass is 9.95. The average Bonchev–Trinajstić information content (AvgIpc) is 3.64. The van der Waals surface area contributed by atoms with E-state index >= 15 is 0 Å². The molecule has 4 rings (SSSR count). The first kappa shape index (κ1) is 25.9. The van der Waals surface area contributed by atoms with Crippen molar-refractivity contribution in [3.05, 3.63) is 35.7 Å². The van der Waals surface area contributed by atoms with Crippen LogP contribution in [0.2, 0.25) is 0 Å². The number of carbonyl (C=O) groups is 4. The molecule has 1 aliphatic carbocycles. The van der Waals surface area contributed by atoms with Crippen molar-refractivity contribution < 1.29 is 38.1 Å². The van der Waals surface area contributed by atoms with E-state index in [1.54, 1.807) is 4.90 Å². The Kier molecular flexibility index (Phi) is 7.27. The van der Waals surface area contributed by atoms with Gasteiger partial charge in [-0.25, -0.2) is 19.0 Å². The Morgan fingerprint density at radius 3 is 2.65 bits per heavy atom. The Bertz CT molecular complexity index is 1170. The number of aliphatic imine (C=N–C) groups is 1. The van der Waals surface area contributed by atoms with Gasteiger partial charge in [-0.3, -0.25) is 14.6 Å². The fraction of sp³-hybridized carbons (Fsp3) is 0.478. The normalized spacial score (nSPS) is 23.2. The number of nitrogens with one attached hydrogen (secondary N) is 1. The summed E-state index contributed by atoms with van der Waals surface area (Å²) in [5, 5.41) is 11.6. The number of hydrogen-bond acceptors (Lipinski definition) is 10. The van der Waals surface area contributed by atoms with Crippen LogP contribution in [0.1, 0.15) is 29.6 Å². The second kappa shape index (κ2) is 10.4.